The molecular weight excluding hydrogens is 274 g/mol. The summed E-state index contributed by atoms with van der Waals surface area (Å²) in [4.78, 5) is 25.4. The minimum absolute atomic E-state index is 0.0216. The second-order valence-electron chi connectivity index (χ2n) is 7.28. The second-order valence-corrected chi connectivity index (χ2v) is 7.28. The summed E-state index contributed by atoms with van der Waals surface area (Å²) in [5.74, 6) is -1.02. The standard InChI is InChI=1S/C15H25NO5/c1-13(2,3)21-12(19)16-9-5-6-14(10-16,11(17)18)15(20)7-4-8-15/h20H,4-10H2,1-3H3,(H,17,18). The number of hydrogen-bond donors (Lipinski definition) is 2. The predicted molar refractivity (Wildman–Crippen MR) is 75.9 cm³/mol. The van der Waals surface area contributed by atoms with E-state index < -0.39 is 28.7 Å². The molecule has 2 rings (SSSR count). The summed E-state index contributed by atoms with van der Waals surface area (Å²) in [5.41, 5.74) is -3.08. The smallest absolute Gasteiger partial charge is 0.410 e. The predicted octanol–water partition coefficient (Wildman–Crippen LogP) is 2.00. The van der Waals surface area contributed by atoms with Crippen molar-refractivity contribution in [3.05, 3.63) is 0 Å². The van der Waals surface area contributed by atoms with Crippen LogP contribution in [0.1, 0.15) is 52.9 Å². The molecule has 120 valence electrons. The average Bonchev–Trinajstić information content (AvgIpc) is 2.33. The van der Waals surface area contributed by atoms with Crippen molar-refractivity contribution in [1.82, 2.24) is 4.90 Å². The number of aliphatic hydroxyl groups is 1. The summed E-state index contributed by atoms with van der Waals surface area (Å²) in [7, 11) is 0. The third-order valence-electron chi connectivity index (χ3n) is 4.62. The Kier molecular flexibility index (Phi) is 3.95. The maximum absolute atomic E-state index is 12.2. The minimum Gasteiger partial charge on any atom is -0.481 e. The number of carbonyl (C=O) groups is 2. The molecule has 1 saturated carbocycles. The fraction of sp³-hybridized carbons (Fsp3) is 0.867. The van der Waals surface area contributed by atoms with E-state index in [1.807, 2.05) is 0 Å². The van der Waals surface area contributed by atoms with E-state index in [1.54, 1.807) is 20.8 Å². The van der Waals surface area contributed by atoms with E-state index in [4.69, 9.17) is 4.74 Å². The molecule has 2 aliphatic rings. The molecule has 1 aliphatic heterocycles. The summed E-state index contributed by atoms with van der Waals surface area (Å²) >= 11 is 0. The first-order valence-electron chi connectivity index (χ1n) is 7.53. The first-order chi connectivity index (χ1) is 9.60. The van der Waals surface area contributed by atoms with Crippen LogP contribution >= 0.6 is 0 Å². The molecule has 21 heavy (non-hydrogen) atoms. The van der Waals surface area contributed by atoms with Gasteiger partial charge in [-0.15, -0.1) is 0 Å². The Labute approximate surface area is 125 Å². The largest absolute Gasteiger partial charge is 0.481 e. The van der Waals surface area contributed by atoms with E-state index in [0.717, 1.165) is 6.42 Å². The lowest BCUT2D eigenvalue weighted by atomic mass is 9.58. The number of likely N-dealkylation sites (tertiary alicyclic amines) is 1. The van der Waals surface area contributed by atoms with Gasteiger partial charge in [0.25, 0.3) is 0 Å². The van der Waals surface area contributed by atoms with Crippen LogP contribution in [0, 0.1) is 5.41 Å². The molecule has 0 radical (unpaired) electrons. The van der Waals surface area contributed by atoms with Gasteiger partial charge in [0.05, 0.1) is 5.60 Å². The van der Waals surface area contributed by atoms with Gasteiger partial charge in [-0.05, 0) is 52.9 Å². The zero-order valence-corrected chi connectivity index (χ0v) is 13.0. The maximum atomic E-state index is 12.2. The third kappa shape index (κ3) is 2.86. The van der Waals surface area contributed by atoms with Crippen molar-refractivity contribution >= 4 is 12.1 Å². The monoisotopic (exact) mass is 299 g/mol. The number of piperidine rings is 1. The first-order valence-corrected chi connectivity index (χ1v) is 7.53. The molecule has 0 aromatic carbocycles. The molecule has 2 N–H and O–H groups in total. The van der Waals surface area contributed by atoms with Gasteiger partial charge in [0.1, 0.15) is 11.0 Å². The minimum atomic E-state index is -1.26. The molecule has 0 spiro atoms. The van der Waals surface area contributed by atoms with Gasteiger partial charge >= 0.3 is 12.1 Å². The molecule has 0 aromatic heterocycles. The Morgan fingerprint density at radius 1 is 1.14 bits per heavy atom. The van der Waals surface area contributed by atoms with Crippen molar-refractivity contribution in [2.45, 2.75) is 64.1 Å². The number of carboxylic acids is 1. The van der Waals surface area contributed by atoms with Gasteiger partial charge < -0.3 is 19.8 Å². The molecule has 0 bridgehead atoms. The summed E-state index contributed by atoms with van der Waals surface area (Å²) < 4.78 is 5.33. The molecule has 1 atom stereocenters. The highest BCUT2D eigenvalue weighted by atomic mass is 16.6. The summed E-state index contributed by atoms with van der Waals surface area (Å²) in [5, 5.41) is 20.3. The number of aliphatic carboxylic acids is 1. The zero-order chi connectivity index (χ0) is 15.9. The van der Waals surface area contributed by atoms with Crippen LogP contribution in [0.3, 0.4) is 0 Å². The third-order valence-corrected chi connectivity index (χ3v) is 4.62. The van der Waals surface area contributed by atoms with Crippen LogP contribution in [0.2, 0.25) is 0 Å². The molecule has 0 aromatic rings. The molecule has 1 saturated heterocycles. The first kappa shape index (κ1) is 16.1. The van der Waals surface area contributed by atoms with Crippen LogP contribution in [0.25, 0.3) is 0 Å². The number of amides is 1. The van der Waals surface area contributed by atoms with Crippen LogP contribution in [0.4, 0.5) is 4.79 Å². The topological polar surface area (TPSA) is 87.1 Å². The van der Waals surface area contributed by atoms with Crippen LogP contribution in [0.5, 0.6) is 0 Å². The van der Waals surface area contributed by atoms with Crippen molar-refractivity contribution in [3.63, 3.8) is 0 Å². The SMILES string of the molecule is CC(C)(C)OC(=O)N1CCCC(C(=O)O)(C2(O)CCC2)C1. The number of hydrogen-bond acceptors (Lipinski definition) is 4. The van der Waals surface area contributed by atoms with Crippen molar-refractivity contribution in [2.75, 3.05) is 13.1 Å². The highest BCUT2D eigenvalue weighted by molar-refractivity contribution is 5.79. The van der Waals surface area contributed by atoms with E-state index in [2.05, 4.69) is 0 Å². The van der Waals surface area contributed by atoms with Gasteiger partial charge in [-0.3, -0.25) is 4.79 Å². The number of carboxylic acid groups (broad SMARTS) is 1. The number of ether oxygens (including phenoxy) is 1. The highest BCUT2D eigenvalue weighted by Gasteiger charge is 2.60. The summed E-state index contributed by atoms with van der Waals surface area (Å²) in [6.07, 6.45) is 2.27. The van der Waals surface area contributed by atoms with E-state index in [1.165, 1.54) is 4.90 Å². The lowest BCUT2D eigenvalue weighted by Crippen LogP contribution is -2.64. The quantitative estimate of drug-likeness (QED) is 0.814. The number of rotatable bonds is 2. The molecule has 1 amide bonds. The van der Waals surface area contributed by atoms with E-state index in [9.17, 15) is 19.8 Å². The van der Waals surface area contributed by atoms with Gasteiger partial charge in [-0.2, -0.15) is 0 Å². The average molecular weight is 299 g/mol. The Hall–Kier alpha value is -1.30. The molecule has 1 aliphatic carbocycles. The van der Waals surface area contributed by atoms with Crippen LogP contribution in [0.15, 0.2) is 0 Å². The molecule has 1 unspecified atom stereocenters. The second kappa shape index (κ2) is 5.16. The zero-order valence-electron chi connectivity index (χ0n) is 13.0. The Balaban J connectivity index is 2.18. The molecule has 2 fully saturated rings. The van der Waals surface area contributed by atoms with Crippen LogP contribution < -0.4 is 0 Å². The summed E-state index contributed by atoms with van der Waals surface area (Å²) in [6.45, 7) is 5.82. The van der Waals surface area contributed by atoms with Gasteiger partial charge in [0.2, 0.25) is 0 Å². The number of nitrogens with zero attached hydrogens (tertiary/aromatic N) is 1. The lowest BCUT2D eigenvalue weighted by Gasteiger charge is -2.53. The highest BCUT2D eigenvalue weighted by Crippen LogP contribution is 2.51. The van der Waals surface area contributed by atoms with E-state index in [0.29, 0.717) is 32.2 Å². The van der Waals surface area contributed by atoms with Crippen molar-refractivity contribution < 1.29 is 24.5 Å². The van der Waals surface area contributed by atoms with Crippen LogP contribution in [-0.2, 0) is 9.53 Å². The Morgan fingerprint density at radius 3 is 2.19 bits per heavy atom. The molecular formula is C15H25NO5. The normalized spacial score (nSPS) is 28.7. The summed E-state index contributed by atoms with van der Waals surface area (Å²) in [6, 6.07) is 0. The van der Waals surface area contributed by atoms with Crippen LogP contribution in [-0.4, -0.2) is 51.5 Å². The van der Waals surface area contributed by atoms with Gasteiger partial charge in [-0.25, -0.2) is 4.79 Å². The Bertz CT molecular complexity index is 438. The van der Waals surface area contributed by atoms with Gasteiger partial charge in [-0.1, -0.05) is 0 Å². The fourth-order valence-corrected chi connectivity index (χ4v) is 3.28. The molecule has 1 heterocycles. The van der Waals surface area contributed by atoms with E-state index >= 15 is 0 Å². The van der Waals surface area contributed by atoms with E-state index in [-0.39, 0.29) is 6.54 Å². The Morgan fingerprint density at radius 2 is 1.76 bits per heavy atom. The fourth-order valence-electron chi connectivity index (χ4n) is 3.28. The molecule has 6 nitrogen and oxygen atoms in total. The van der Waals surface area contributed by atoms with Gasteiger partial charge in [0, 0.05) is 13.1 Å². The molecule has 6 heteroatoms. The maximum Gasteiger partial charge on any atom is 0.410 e. The lowest BCUT2D eigenvalue weighted by molar-refractivity contribution is -0.194. The van der Waals surface area contributed by atoms with Crippen molar-refractivity contribution in [1.29, 1.82) is 0 Å². The van der Waals surface area contributed by atoms with Crippen molar-refractivity contribution in [2.24, 2.45) is 5.41 Å². The van der Waals surface area contributed by atoms with Crippen molar-refractivity contribution in [3.8, 4) is 0 Å². The number of carbonyl (C=O) groups excluding carboxylic acids is 1. The van der Waals surface area contributed by atoms with Gasteiger partial charge in [0.15, 0.2) is 0 Å².